The Bertz CT molecular complexity index is 132. The molecule has 2 atom stereocenters. The van der Waals surface area contributed by atoms with E-state index in [0.717, 1.165) is 25.5 Å². The fourth-order valence-electron chi connectivity index (χ4n) is 1.99. The van der Waals surface area contributed by atoms with Gasteiger partial charge in [0, 0.05) is 25.6 Å². The van der Waals surface area contributed by atoms with Crippen molar-refractivity contribution in [1.29, 1.82) is 0 Å². The second kappa shape index (κ2) is 6.63. The zero-order valence-electron chi connectivity index (χ0n) is 8.39. The lowest BCUT2D eigenvalue weighted by Crippen LogP contribution is -2.34. The van der Waals surface area contributed by atoms with Crippen LogP contribution in [0.3, 0.4) is 0 Å². The van der Waals surface area contributed by atoms with Crippen LogP contribution >= 0.6 is 11.6 Å². The van der Waals surface area contributed by atoms with Gasteiger partial charge in [-0.3, -0.25) is 0 Å². The van der Waals surface area contributed by atoms with E-state index in [9.17, 15) is 0 Å². The first kappa shape index (κ1) is 11.3. The largest absolute Gasteiger partial charge is 0.385 e. The summed E-state index contributed by atoms with van der Waals surface area (Å²) in [5.41, 5.74) is 0. The van der Waals surface area contributed by atoms with Gasteiger partial charge in [0.05, 0.1) is 0 Å². The van der Waals surface area contributed by atoms with Crippen molar-refractivity contribution in [3.63, 3.8) is 0 Å². The number of alkyl halides is 1. The van der Waals surface area contributed by atoms with E-state index in [1.54, 1.807) is 7.11 Å². The highest BCUT2D eigenvalue weighted by molar-refractivity contribution is 6.18. The van der Waals surface area contributed by atoms with Crippen LogP contribution in [0.15, 0.2) is 0 Å². The molecule has 78 valence electrons. The number of ether oxygens (including phenoxy) is 1. The molecule has 0 aromatic heterocycles. The van der Waals surface area contributed by atoms with Gasteiger partial charge in [-0.1, -0.05) is 6.42 Å². The highest BCUT2D eigenvalue weighted by Gasteiger charge is 2.25. The lowest BCUT2D eigenvalue weighted by molar-refractivity contribution is 0.192. The molecule has 0 aliphatic heterocycles. The van der Waals surface area contributed by atoms with Crippen LogP contribution in [0.1, 0.15) is 25.7 Å². The van der Waals surface area contributed by atoms with Crippen LogP contribution in [0.25, 0.3) is 0 Å². The van der Waals surface area contributed by atoms with Crippen LogP contribution in [-0.2, 0) is 4.74 Å². The fourth-order valence-corrected chi connectivity index (χ4v) is 2.36. The van der Waals surface area contributed by atoms with E-state index in [0.29, 0.717) is 12.0 Å². The van der Waals surface area contributed by atoms with E-state index in [-0.39, 0.29) is 0 Å². The molecule has 3 heteroatoms. The molecule has 13 heavy (non-hydrogen) atoms. The average Bonchev–Trinajstić information content (AvgIpc) is 2.60. The smallest absolute Gasteiger partial charge is 0.0474 e. The van der Waals surface area contributed by atoms with Crippen molar-refractivity contribution in [3.8, 4) is 0 Å². The third-order valence-electron chi connectivity index (χ3n) is 2.79. The van der Waals surface area contributed by atoms with Gasteiger partial charge in [-0.05, 0) is 31.7 Å². The molecule has 1 aliphatic rings. The second-order valence-corrected chi connectivity index (χ2v) is 4.06. The predicted octanol–water partition coefficient (Wildman–Crippen LogP) is 2.02. The highest BCUT2D eigenvalue weighted by atomic mass is 35.5. The summed E-state index contributed by atoms with van der Waals surface area (Å²) in [5, 5.41) is 3.55. The molecular formula is C10H20ClNO. The summed E-state index contributed by atoms with van der Waals surface area (Å²) in [6.45, 7) is 1.91. The van der Waals surface area contributed by atoms with E-state index in [2.05, 4.69) is 5.32 Å². The maximum absolute atomic E-state index is 5.88. The van der Waals surface area contributed by atoms with Gasteiger partial charge in [0.25, 0.3) is 0 Å². The van der Waals surface area contributed by atoms with Crippen molar-refractivity contribution >= 4 is 11.6 Å². The highest BCUT2D eigenvalue weighted by Crippen LogP contribution is 2.26. The number of hydrogen-bond acceptors (Lipinski definition) is 2. The van der Waals surface area contributed by atoms with Gasteiger partial charge < -0.3 is 10.1 Å². The Balaban J connectivity index is 2.06. The number of nitrogens with one attached hydrogen (secondary N) is 1. The maximum atomic E-state index is 5.88. The molecule has 0 amide bonds. The minimum atomic E-state index is 0.661. The third kappa shape index (κ3) is 3.84. The lowest BCUT2D eigenvalue weighted by Gasteiger charge is -2.18. The minimum absolute atomic E-state index is 0.661. The molecule has 1 fully saturated rings. The summed E-state index contributed by atoms with van der Waals surface area (Å²) in [7, 11) is 1.75. The Labute approximate surface area is 86.0 Å². The molecule has 0 heterocycles. The van der Waals surface area contributed by atoms with Gasteiger partial charge in [0.2, 0.25) is 0 Å². The molecule has 0 aromatic carbocycles. The van der Waals surface area contributed by atoms with Crippen LogP contribution < -0.4 is 5.32 Å². The lowest BCUT2D eigenvalue weighted by atomic mass is 10.1. The molecule has 2 unspecified atom stereocenters. The summed E-state index contributed by atoms with van der Waals surface area (Å²) in [6.07, 6.45) is 5.02. The molecule has 1 rings (SSSR count). The Hall–Kier alpha value is 0.210. The quantitative estimate of drug-likeness (QED) is 0.529. The van der Waals surface area contributed by atoms with Crippen LogP contribution in [0.2, 0.25) is 0 Å². The minimum Gasteiger partial charge on any atom is -0.385 e. The molecule has 0 aromatic rings. The van der Waals surface area contributed by atoms with Crippen molar-refractivity contribution in [3.05, 3.63) is 0 Å². The van der Waals surface area contributed by atoms with Crippen molar-refractivity contribution < 1.29 is 4.74 Å². The third-order valence-corrected chi connectivity index (χ3v) is 3.19. The van der Waals surface area contributed by atoms with Gasteiger partial charge >= 0.3 is 0 Å². The van der Waals surface area contributed by atoms with Gasteiger partial charge in [-0.2, -0.15) is 0 Å². The van der Waals surface area contributed by atoms with Crippen LogP contribution in [0, 0.1) is 5.92 Å². The fraction of sp³-hybridized carbons (Fsp3) is 1.00. The summed E-state index contributed by atoms with van der Waals surface area (Å²) in [5.74, 6) is 1.51. The Morgan fingerprint density at radius 2 is 2.31 bits per heavy atom. The SMILES string of the molecule is COCCCNC1CCCC1CCl. The molecule has 2 nitrogen and oxygen atoms in total. The maximum Gasteiger partial charge on any atom is 0.0474 e. The second-order valence-electron chi connectivity index (χ2n) is 3.75. The first-order chi connectivity index (χ1) is 6.38. The Morgan fingerprint density at radius 1 is 1.46 bits per heavy atom. The van der Waals surface area contributed by atoms with Crippen molar-refractivity contribution in [2.45, 2.75) is 31.7 Å². The van der Waals surface area contributed by atoms with E-state index in [4.69, 9.17) is 16.3 Å². The average molecular weight is 206 g/mol. The number of hydrogen-bond donors (Lipinski definition) is 1. The molecule has 0 saturated heterocycles. The van der Waals surface area contributed by atoms with Gasteiger partial charge in [0.1, 0.15) is 0 Å². The van der Waals surface area contributed by atoms with E-state index in [1.807, 2.05) is 0 Å². The summed E-state index contributed by atoms with van der Waals surface area (Å²) >= 11 is 5.88. The molecule has 1 aliphatic carbocycles. The number of rotatable bonds is 6. The summed E-state index contributed by atoms with van der Waals surface area (Å²) in [4.78, 5) is 0. The molecule has 0 spiro atoms. The first-order valence-electron chi connectivity index (χ1n) is 5.16. The van der Waals surface area contributed by atoms with Crippen LogP contribution in [-0.4, -0.2) is 32.2 Å². The Kier molecular flexibility index (Phi) is 5.76. The van der Waals surface area contributed by atoms with Crippen LogP contribution in [0.4, 0.5) is 0 Å². The first-order valence-corrected chi connectivity index (χ1v) is 5.70. The number of halogens is 1. The van der Waals surface area contributed by atoms with Crippen molar-refractivity contribution in [1.82, 2.24) is 5.32 Å². The molecule has 0 bridgehead atoms. The van der Waals surface area contributed by atoms with Crippen molar-refractivity contribution in [2.24, 2.45) is 5.92 Å². The molecular weight excluding hydrogens is 186 g/mol. The van der Waals surface area contributed by atoms with Crippen molar-refractivity contribution in [2.75, 3.05) is 26.1 Å². The topological polar surface area (TPSA) is 21.3 Å². The van der Waals surface area contributed by atoms with Gasteiger partial charge in [0.15, 0.2) is 0 Å². The summed E-state index contributed by atoms with van der Waals surface area (Å²) < 4.78 is 4.99. The van der Waals surface area contributed by atoms with E-state index in [1.165, 1.54) is 19.3 Å². The predicted molar refractivity (Wildman–Crippen MR) is 56.3 cm³/mol. The zero-order chi connectivity index (χ0) is 9.52. The normalized spacial score (nSPS) is 28.2. The van der Waals surface area contributed by atoms with E-state index < -0.39 is 0 Å². The molecule has 0 radical (unpaired) electrons. The zero-order valence-corrected chi connectivity index (χ0v) is 9.15. The molecule has 1 saturated carbocycles. The number of methoxy groups -OCH3 is 1. The van der Waals surface area contributed by atoms with Gasteiger partial charge in [-0.25, -0.2) is 0 Å². The monoisotopic (exact) mass is 205 g/mol. The van der Waals surface area contributed by atoms with Crippen LogP contribution in [0.5, 0.6) is 0 Å². The molecule has 1 N–H and O–H groups in total. The summed E-state index contributed by atoms with van der Waals surface area (Å²) in [6, 6.07) is 0.661. The Morgan fingerprint density at radius 3 is 3.00 bits per heavy atom. The standard InChI is InChI=1S/C10H20ClNO/c1-13-7-3-6-12-10-5-2-4-9(10)8-11/h9-10,12H,2-8H2,1H3. The van der Waals surface area contributed by atoms with Gasteiger partial charge in [-0.15, -0.1) is 11.6 Å². The van der Waals surface area contributed by atoms with E-state index >= 15 is 0 Å².